The van der Waals surface area contributed by atoms with E-state index in [1.807, 2.05) is 0 Å². The zero-order chi connectivity index (χ0) is 18.0. The Balaban J connectivity index is 2.04. The lowest BCUT2D eigenvalue weighted by Gasteiger charge is -2.17. The van der Waals surface area contributed by atoms with Crippen molar-refractivity contribution in [2.75, 3.05) is 30.6 Å². The summed E-state index contributed by atoms with van der Waals surface area (Å²) >= 11 is 0. The maximum Gasteiger partial charge on any atom is 0.328 e. The lowest BCUT2D eigenvalue weighted by atomic mass is 10.1. The van der Waals surface area contributed by atoms with E-state index in [9.17, 15) is 9.18 Å². The maximum absolute atomic E-state index is 14.4. The number of methoxy groups -OCH3 is 1. The summed E-state index contributed by atoms with van der Waals surface area (Å²) in [6.45, 7) is 0.0763. The smallest absolute Gasteiger partial charge is 0.328 e. The van der Waals surface area contributed by atoms with E-state index in [0.717, 1.165) is 0 Å². The molecule has 0 saturated carbocycles. The van der Waals surface area contributed by atoms with E-state index in [0.29, 0.717) is 5.75 Å². The normalized spacial score (nSPS) is 12.8. The van der Waals surface area contributed by atoms with E-state index in [1.54, 1.807) is 6.07 Å². The van der Waals surface area contributed by atoms with Crippen molar-refractivity contribution in [3.63, 3.8) is 0 Å². The molecule has 0 aliphatic carbocycles. The molecule has 2 aromatic rings. The number of nitrogens with two attached hydrogens (primary N) is 2. The van der Waals surface area contributed by atoms with Crippen molar-refractivity contribution in [1.82, 2.24) is 14.9 Å². The summed E-state index contributed by atoms with van der Waals surface area (Å²) in [6.07, 6.45) is 2.86. The van der Waals surface area contributed by atoms with Crippen LogP contribution in [0.3, 0.4) is 0 Å². The lowest BCUT2D eigenvalue weighted by Crippen LogP contribution is -2.29. The molecule has 0 saturated heterocycles. The zero-order valence-corrected chi connectivity index (χ0v) is 13.2. The number of nitrogens with zero attached hydrogens (tertiary/aromatic N) is 3. The van der Waals surface area contributed by atoms with Crippen molar-refractivity contribution in [2.45, 2.75) is 0 Å². The van der Waals surface area contributed by atoms with Gasteiger partial charge in [0.15, 0.2) is 18.4 Å². The molecule has 2 amide bonds. The second-order valence-corrected chi connectivity index (χ2v) is 5.02. The molecule has 10 heteroatoms. The van der Waals surface area contributed by atoms with Gasteiger partial charge in [-0.05, 0) is 12.1 Å². The Hall–Kier alpha value is -3.56. The number of carbonyl (C=O) groups excluding carboxylic acids is 1. The fourth-order valence-electron chi connectivity index (χ4n) is 2.22. The Labute approximate surface area is 142 Å². The lowest BCUT2D eigenvalue weighted by molar-refractivity contribution is 0.175. The van der Waals surface area contributed by atoms with Gasteiger partial charge in [-0.25, -0.2) is 14.2 Å². The van der Waals surface area contributed by atoms with Crippen LogP contribution < -0.4 is 21.5 Å². The predicted octanol–water partition coefficient (Wildman–Crippen LogP) is 1.75. The molecule has 5 N–H and O–H groups in total. The van der Waals surface area contributed by atoms with Crippen LogP contribution in [0.2, 0.25) is 0 Å². The SMILES string of the molecule is COc1ccc(-c2nc(N)nc(N)c2F)c(NC(=O)N2C=COC2)c1. The van der Waals surface area contributed by atoms with Gasteiger partial charge in [-0.2, -0.15) is 4.98 Å². The van der Waals surface area contributed by atoms with Crippen molar-refractivity contribution in [1.29, 1.82) is 0 Å². The maximum atomic E-state index is 14.4. The van der Waals surface area contributed by atoms with E-state index >= 15 is 0 Å². The molecular weight excluding hydrogens is 331 g/mol. The predicted molar refractivity (Wildman–Crippen MR) is 88.8 cm³/mol. The van der Waals surface area contributed by atoms with Gasteiger partial charge in [-0.1, -0.05) is 0 Å². The molecule has 1 aliphatic rings. The fourth-order valence-corrected chi connectivity index (χ4v) is 2.22. The topological polar surface area (TPSA) is 129 Å². The van der Waals surface area contributed by atoms with E-state index in [2.05, 4.69) is 15.3 Å². The number of rotatable bonds is 3. The Morgan fingerprint density at radius 3 is 2.88 bits per heavy atom. The first-order valence-electron chi connectivity index (χ1n) is 7.12. The number of anilines is 3. The van der Waals surface area contributed by atoms with Crippen molar-refractivity contribution in [3.8, 4) is 17.0 Å². The molecule has 9 nitrogen and oxygen atoms in total. The molecule has 0 bridgehead atoms. The minimum Gasteiger partial charge on any atom is -0.497 e. The first-order valence-corrected chi connectivity index (χ1v) is 7.12. The number of ether oxygens (including phenoxy) is 2. The van der Waals surface area contributed by atoms with Crippen LogP contribution in [0.4, 0.5) is 26.6 Å². The molecule has 2 heterocycles. The summed E-state index contributed by atoms with van der Waals surface area (Å²) in [5.74, 6) is -0.939. The van der Waals surface area contributed by atoms with Crippen LogP contribution in [0, 0.1) is 5.82 Å². The summed E-state index contributed by atoms with van der Waals surface area (Å²) in [6, 6.07) is 4.19. The van der Waals surface area contributed by atoms with Crippen LogP contribution in [0.5, 0.6) is 5.75 Å². The first-order chi connectivity index (χ1) is 12.0. The molecule has 0 fully saturated rings. The third-order valence-corrected chi connectivity index (χ3v) is 3.43. The number of benzene rings is 1. The largest absolute Gasteiger partial charge is 0.497 e. The second kappa shape index (κ2) is 6.51. The van der Waals surface area contributed by atoms with Crippen LogP contribution in [0.15, 0.2) is 30.7 Å². The van der Waals surface area contributed by atoms with Crippen molar-refractivity contribution in [3.05, 3.63) is 36.5 Å². The van der Waals surface area contributed by atoms with E-state index in [-0.39, 0.29) is 35.4 Å². The highest BCUT2D eigenvalue weighted by Gasteiger charge is 2.20. The van der Waals surface area contributed by atoms with Gasteiger partial charge >= 0.3 is 6.03 Å². The number of carbonyl (C=O) groups is 1. The van der Waals surface area contributed by atoms with E-state index in [4.69, 9.17) is 20.9 Å². The molecule has 0 spiro atoms. The molecule has 0 radical (unpaired) electrons. The van der Waals surface area contributed by atoms with Crippen LogP contribution in [0.25, 0.3) is 11.3 Å². The van der Waals surface area contributed by atoms with Crippen LogP contribution >= 0.6 is 0 Å². The molecule has 0 unspecified atom stereocenters. The quantitative estimate of drug-likeness (QED) is 0.772. The fraction of sp³-hybridized carbons (Fsp3) is 0.133. The average Bonchev–Trinajstić information content (AvgIpc) is 3.13. The molecule has 25 heavy (non-hydrogen) atoms. The van der Waals surface area contributed by atoms with E-state index in [1.165, 1.54) is 36.6 Å². The van der Waals surface area contributed by atoms with Gasteiger partial charge in [0, 0.05) is 17.8 Å². The van der Waals surface area contributed by atoms with Gasteiger partial charge in [0.2, 0.25) is 5.95 Å². The summed E-state index contributed by atoms with van der Waals surface area (Å²) < 4.78 is 24.5. The highest BCUT2D eigenvalue weighted by Crippen LogP contribution is 2.33. The van der Waals surface area contributed by atoms with Gasteiger partial charge in [-0.3, -0.25) is 4.90 Å². The van der Waals surface area contributed by atoms with Crippen LogP contribution in [-0.2, 0) is 4.74 Å². The highest BCUT2D eigenvalue weighted by molar-refractivity contribution is 5.95. The summed E-state index contributed by atoms with van der Waals surface area (Å²) in [5.41, 5.74) is 11.5. The second-order valence-electron chi connectivity index (χ2n) is 5.02. The number of aromatic nitrogens is 2. The molecule has 0 atom stereocenters. The number of nitrogen functional groups attached to an aromatic ring is 2. The van der Waals surface area contributed by atoms with Gasteiger partial charge in [0.05, 0.1) is 12.8 Å². The van der Waals surface area contributed by atoms with Crippen molar-refractivity contribution >= 4 is 23.5 Å². The summed E-state index contributed by atoms with van der Waals surface area (Å²) in [7, 11) is 1.47. The van der Waals surface area contributed by atoms with Gasteiger partial charge in [0.25, 0.3) is 0 Å². The molecule has 1 aromatic heterocycles. The minimum absolute atomic E-state index is 0.0763. The molecule has 1 aromatic carbocycles. The highest BCUT2D eigenvalue weighted by atomic mass is 19.1. The standard InChI is InChI=1S/C15H15FN6O3/c1-24-8-2-3-9(12-11(16)13(17)21-14(18)20-12)10(6-8)19-15(23)22-4-5-25-7-22/h2-6H,7H2,1H3,(H,19,23)(H4,17,18,20,21). The number of amides is 2. The zero-order valence-electron chi connectivity index (χ0n) is 13.2. The number of hydrogen-bond donors (Lipinski definition) is 3. The Kier molecular flexibility index (Phi) is 4.25. The summed E-state index contributed by atoms with van der Waals surface area (Å²) in [5, 5.41) is 2.66. The number of hydrogen-bond acceptors (Lipinski definition) is 7. The van der Waals surface area contributed by atoms with Crippen LogP contribution in [-0.4, -0.2) is 34.7 Å². The molecule has 3 rings (SSSR count). The van der Waals surface area contributed by atoms with Crippen molar-refractivity contribution < 1.29 is 18.7 Å². The van der Waals surface area contributed by atoms with Crippen molar-refractivity contribution in [2.24, 2.45) is 0 Å². The van der Waals surface area contributed by atoms with Gasteiger partial charge in [-0.15, -0.1) is 0 Å². The average molecular weight is 346 g/mol. The molecule has 130 valence electrons. The van der Waals surface area contributed by atoms with E-state index < -0.39 is 11.8 Å². The molecule has 1 aliphatic heterocycles. The third-order valence-electron chi connectivity index (χ3n) is 3.43. The number of nitrogens with one attached hydrogen (secondary N) is 1. The first kappa shape index (κ1) is 16.3. The number of halogens is 1. The summed E-state index contributed by atoms with van der Waals surface area (Å²) in [4.78, 5) is 21.0. The van der Waals surface area contributed by atoms with Crippen LogP contribution in [0.1, 0.15) is 0 Å². The Morgan fingerprint density at radius 2 is 2.20 bits per heavy atom. The van der Waals surface area contributed by atoms with Gasteiger partial charge < -0.3 is 26.3 Å². The monoisotopic (exact) mass is 346 g/mol. The molecular formula is C15H15FN6O3. The Morgan fingerprint density at radius 1 is 1.40 bits per heavy atom. The third kappa shape index (κ3) is 3.22. The number of urea groups is 1. The Bertz CT molecular complexity index is 857. The van der Waals surface area contributed by atoms with Gasteiger partial charge in [0.1, 0.15) is 17.7 Å². The minimum atomic E-state index is -0.834.